The number of methoxy groups -OCH3 is 1. The van der Waals surface area contributed by atoms with E-state index >= 15 is 0 Å². The average Bonchev–Trinajstić information content (AvgIpc) is 2.30. The van der Waals surface area contributed by atoms with Gasteiger partial charge in [-0.25, -0.2) is 0 Å². The van der Waals surface area contributed by atoms with E-state index in [-0.39, 0.29) is 71.3 Å². The summed E-state index contributed by atoms with van der Waals surface area (Å²) < 4.78 is 5.18. The number of rotatable bonds is 2. The number of aryl methyl sites for hydroxylation is 1. The van der Waals surface area contributed by atoms with E-state index in [2.05, 4.69) is 25.1 Å². The minimum Gasteiger partial charge on any atom is -1.00 e. The second-order valence-electron chi connectivity index (χ2n) is 3.46. The maximum atomic E-state index is 5.18. The minimum absolute atomic E-state index is 0. The molecule has 2 aromatic rings. The van der Waals surface area contributed by atoms with Crippen LogP contribution < -0.4 is 53.0 Å². The number of ether oxygens (including phenoxy) is 1. The molecule has 0 aliphatic carbocycles. The van der Waals surface area contributed by atoms with Gasteiger partial charge >= 0.3 is 41.9 Å². The molecule has 0 heterocycles. The van der Waals surface area contributed by atoms with Gasteiger partial charge in [-0.2, -0.15) is 0 Å². The predicted molar refractivity (Wildman–Crippen MR) is 67.8 cm³/mol. The summed E-state index contributed by atoms with van der Waals surface area (Å²) in [6.07, 6.45) is 0. The molecule has 2 aromatic carbocycles. The van der Waals surface area contributed by atoms with Gasteiger partial charge in [-0.3, -0.25) is 0 Å². The third-order valence-electron chi connectivity index (χ3n) is 2.43. The smallest absolute Gasteiger partial charge is 1.00 e. The number of benzene rings is 2. The van der Waals surface area contributed by atoms with E-state index in [4.69, 9.17) is 4.74 Å². The van der Waals surface area contributed by atoms with Crippen molar-refractivity contribution < 1.29 is 53.0 Å². The van der Waals surface area contributed by atoms with Gasteiger partial charge in [0.2, 0.25) is 0 Å². The summed E-state index contributed by atoms with van der Waals surface area (Å²) in [5.41, 5.74) is 3.53. The monoisotopic (exact) mass is 342 g/mol. The Morgan fingerprint density at radius 2 is 1.79 bits per heavy atom. The molecule has 1 nitrogen and oxygen atoms in total. The SMILES string of the molecule is COc1ccc(-c2[c-]cccc2)c(C)c1.[Br-].[Cl-].[Li+].[Mg+2]. The quantitative estimate of drug-likeness (QED) is 0.390. The normalized spacial score (nSPS) is 7.89. The van der Waals surface area contributed by atoms with Gasteiger partial charge in [0.1, 0.15) is 5.75 Å². The Morgan fingerprint density at radius 1 is 1.11 bits per heavy atom. The molecule has 0 aromatic heterocycles. The van der Waals surface area contributed by atoms with Crippen LogP contribution in [-0.4, -0.2) is 30.2 Å². The minimum atomic E-state index is 0. The number of halogens is 2. The first-order chi connectivity index (χ1) is 7.31. The van der Waals surface area contributed by atoms with Crippen molar-refractivity contribution in [2.24, 2.45) is 0 Å². The van der Waals surface area contributed by atoms with Gasteiger partial charge in [0.05, 0.1) is 7.11 Å². The van der Waals surface area contributed by atoms with Crippen LogP contribution >= 0.6 is 0 Å². The van der Waals surface area contributed by atoms with Gasteiger partial charge in [-0.15, -0.1) is 35.9 Å². The van der Waals surface area contributed by atoms with Crippen LogP contribution in [0.1, 0.15) is 5.56 Å². The van der Waals surface area contributed by atoms with Crippen molar-refractivity contribution in [3.8, 4) is 16.9 Å². The summed E-state index contributed by atoms with van der Waals surface area (Å²) >= 11 is 0. The Balaban J connectivity index is -0.000000640. The van der Waals surface area contributed by atoms with Gasteiger partial charge in [-0.1, -0.05) is 17.2 Å². The van der Waals surface area contributed by atoms with E-state index in [0.717, 1.165) is 11.3 Å². The van der Waals surface area contributed by atoms with Gasteiger partial charge in [-0.05, 0) is 19.1 Å². The van der Waals surface area contributed by atoms with Gasteiger partial charge in [0.15, 0.2) is 0 Å². The predicted octanol–water partition coefficient (Wildman–Crippen LogP) is -5.90. The topological polar surface area (TPSA) is 9.23 Å². The van der Waals surface area contributed by atoms with Crippen molar-refractivity contribution in [3.05, 3.63) is 54.1 Å². The first kappa shape index (κ1) is 24.4. The average molecular weight is 344 g/mol. The molecule has 0 N–H and O–H groups in total. The maximum absolute atomic E-state index is 5.18. The zero-order valence-electron chi connectivity index (χ0n) is 11.4. The van der Waals surface area contributed by atoms with E-state index in [0.29, 0.717) is 0 Å². The molecule has 2 rings (SSSR count). The van der Waals surface area contributed by atoms with E-state index in [1.165, 1.54) is 11.1 Å². The van der Waals surface area contributed by atoms with Crippen LogP contribution in [0.15, 0.2) is 42.5 Å². The van der Waals surface area contributed by atoms with Crippen molar-refractivity contribution in [2.75, 3.05) is 7.11 Å². The molecule has 0 unspecified atom stereocenters. The third-order valence-corrected chi connectivity index (χ3v) is 2.43. The second-order valence-corrected chi connectivity index (χ2v) is 3.46. The van der Waals surface area contributed by atoms with Crippen molar-refractivity contribution in [2.45, 2.75) is 6.92 Å². The Hall–Kier alpha value is 0.374. The van der Waals surface area contributed by atoms with Crippen LogP contribution in [0.2, 0.25) is 0 Å². The standard InChI is InChI=1S/C14H13O.BrH.ClH.Li.Mg/c1-11-10-13(15-2)8-9-14(11)12-6-4-3-5-7-12;;;;/h3-6,8-10H,1-2H3;2*1H;;/q-1;;;+1;+2/p-2. The van der Waals surface area contributed by atoms with Crippen LogP contribution in [0, 0.1) is 13.0 Å². The summed E-state index contributed by atoms with van der Waals surface area (Å²) in [7, 11) is 1.68. The largest absolute Gasteiger partial charge is 2.00 e. The Labute approximate surface area is 160 Å². The van der Waals surface area contributed by atoms with Crippen molar-refractivity contribution in [3.63, 3.8) is 0 Å². The fraction of sp³-hybridized carbons (Fsp3) is 0.143. The Morgan fingerprint density at radius 3 is 2.26 bits per heavy atom. The zero-order chi connectivity index (χ0) is 10.7. The van der Waals surface area contributed by atoms with Gasteiger partial charge < -0.3 is 34.1 Å². The number of hydrogen-bond donors (Lipinski definition) is 0. The maximum Gasteiger partial charge on any atom is 2.00 e. The van der Waals surface area contributed by atoms with E-state index in [9.17, 15) is 0 Å². The first-order valence-electron chi connectivity index (χ1n) is 4.93. The van der Waals surface area contributed by atoms with E-state index < -0.39 is 0 Å². The molecule has 0 spiro atoms. The molecule has 0 fully saturated rings. The van der Waals surface area contributed by atoms with Crippen LogP contribution in [-0.2, 0) is 0 Å². The summed E-state index contributed by atoms with van der Waals surface area (Å²) in [5, 5.41) is 0. The van der Waals surface area contributed by atoms with Crippen LogP contribution in [0.25, 0.3) is 11.1 Å². The third kappa shape index (κ3) is 6.57. The van der Waals surface area contributed by atoms with E-state index in [1.54, 1.807) is 7.11 Å². The molecule has 0 atom stereocenters. The second kappa shape index (κ2) is 12.1. The zero-order valence-corrected chi connectivity index (χ0v) is 15.2. The molecule has 0 amide bonds. The van der Waals surface area contributed by atoms with Crippen molar-refractivity contribution in [1.82, 2.24) is 0 Å². The summed E-state index contributed by atoms with van der Waals surface area (Å²) in [4.78, 5) is 0. The molecule has 0 saturated heterocycles. The summed E-state index contributed by atoms with van der Waals surface area (Å²) in [6.45, 7) is 2.08. The summed E-state index contributed by atoms with van der Waals surface area (Å²) in [6, 6.07) is 17.3. The molecule has 0 bridgehead atoms. The Bertz CT molecular complexity index is 468. The molecule has 0 aliphatic heterocycles. The molecule has 0 saturated carbocycles. The molecule has 19 heavy (non-hydrogen) atoms. The molecular weight excluding hydrogens is 331 g/mol. The van der Waals surface area contributed by atoms with Crippen LogP contribution in [0.4, 0.5) is 0 Å². The van der Waals surface area contributed by atoms with E-state index in [1.807, 2.05) is 30.3 Å². The molecule has 0 radical (unpaired) electrons. The fourth-order valence-electron chi connectivity index (χ4n) is 1.63. The van der Waals surface area contributed by atoms with Gasteiger partial charge in [0.25, 0.3) is 0 Å². The Kier molecular flexibility index (Phi) is 15.6. The number of hydrogen-bond acceptors (Lipinski definition) is 1. The molecule has 5 heteroatoms. The van der Waals surface area contributed by atoms with Crippen LogP contribution in [0.3, 0.4) is 0 Å². The fourth-order valence-corrected chi connectivity index (χ4v) is 1.63. The van der Waals surface area contributed by atoms with Crippen LogP contribution in [0.5, 0.6) is 5.75 Å². The molecule has 92 valence electrons. The van der Waals surface area contributed by atoms with Gasteiger partial charge in [0, 0.05) is 0 Å². The van der Waals surface area contributed by atoms with Crippen molar-refractivity contribution >= 4 is 23.1 Å². The molecular formula is C14H13BrClLiMgO. The van der Waals surface area contributed by atoms with Crippen molar-refractivity contribution in [1.29, 1.82) is 0 Å². The summed E-state index contributed by atoms with van der Waals surface area (Å²) in [5.74, 6) is 0.896. The first-order valence-corrected chi connectivity index (χ1v) is 4.93. The molecule has 0 aliphatic rings.